The van der Waals surface area contributed by atoms with Crippen LogP contribution in [0.1, 0.15) is 12.0 Å². The summed E-state index contributed by atoms with van der Waals surface area (Å²) in [7, 11) is 0. The Morgan fingerprint density at radius 1 is 0.862 bits per heavy atom. The first-order valence-corrected chi connectivity index (χ1v) is 10.9. The first kappa shape index (κ1) is 19.1. The number of rotatable bonds is 4. The van der Waals surface area contributed by atoms with E-state index in [9.17, 15) is 0 Å². The van der Waals surface area contributed by atoms with Gasteiger partial charge in [-0.2, -0.15) is 0 Å². The van der Waals surface area contributed by atoms with E-state index in [1.807, 2.05) is 30.5 Å². The monoisotopic (exact) mass is 426 g/mol. The van der Waals surface area contributed by atoms with E-state index in [1.165, 1.54) is 23.1 Å². The highest BCUT2D eigenvalue weighted by molar-refractivity contribution is 6.31. The van der Waals surface area contributed by atoms with E-state index in [0.717, 1.165) is 54.8 Å². The molecule has 0 N–H and O–H groups in total. The van der Waals surface area contributed by atoms with Crippen LogP contribution in [-0.2, 0) is 6.54 Å². The molecule has 3 heterocycles. The lowest BCUT2D eigenvalue weighted by molar-refractivity contribution is 0.0675. The van der Waals surface area contributed by atoms with Gasteiger partial charge in [0.1, 0.15) is 0 Å². The molecule has 3 aromatic rings. The second-order valence-electron chi connectivity index (χ2n) is 7.89. The number of aromatic nitrogens is 1. The summed E-state index contributed by atoms with van der Waals surface area (Å²) in [6, 6.07) is 16.4. The maximum atomic E-state index is 6.16. The summed E-state index contributed by atoms with van der Waals surface area (Å²) < 4.78 is 0. The Kier molecular flexibility index (Phi) is 5.35. The first-order chi connectivity index (χ1) is 14.2. The highest BCUT2D eigenvalue weighted by Crippen LogP contribution is 2.34. The lowest BCUT2D eigenvalue weighted by Gasteiger charge is -2.51. The molecule has 6 heteroatoms. The Morgan fingerprint density at radius 2 is 1.62 bits per heavy atom. The van der Waals surface area contributed by atoms with E-state index < -0.39 is 0 Å². The van der Waals surface area contributed by atoms with Gasteiger partial charge in [0, 0.05) is 66.6 Å². The maximum Gasteiger partial charge on any atom is 0.0838 e. The van der Waals surface area contributed by atoms with Crippen LogP contribution in [0.3, 0.4) is 0 Å². The maximum absolute atomic E-state index is 6.16. The topological polar surface area (TPSA) is 22.6 Å². The zero-order valence-corrected chi connectivity index (χ0v) is 17.8. The van der Waals surface area contributed by atoms with E-state index in [2.05, 4.69) is 43.9 Å². The van der Waals surface area contributed by atoms with Gasteiger partial charge in [0.25, 0.3) is 0 Å². The fraction of sp³-hybridized carbons (Fsp3) is 0.348. The largest absolute Gasteiger partial charge is 0.355 e. The van der Waals surface area contributed by atoms with Crippen molar-refractivity contribution in [3.05, 3.63) is 70.3 Å². The SMILES string of the molecule is Clc1ccc(CN2CCN(C3CCN3c3ccnc4cc(Cl)ccc34)CC2)cc1. The van der Waals surface area contributed by atoms with Gasteiger partial charge in [0.05, 0.1) is 11.7 Å². The van der Waals surface area contributed by atoms with E-state index in [-0.39, 0.29) is 0 Å². The van der Waals surface area contributed by atoms with Crippen molar-refractivity contribution in [1.82, 2.24) is 14.8 Å². The van der Waals surface area contributed by atoms with Crippen molar-refractivity contribution < 1.29 is 0 Å². The minimum atomic E-state index is 0.481. The van der Waals surface area contributed by atoms with Crippen molar-refractivity contribution >= 4 is 39.8 Å². The number of hydrogen-bond acceptors (Lipinski definition) is 4. The predicted octanol–water partition coefficient (Wildman–Crippen LogP) is 4.90. The number of fused-ring (bicyclic) bond motifs is 1. The molecule has 0 amide bonds. The number of halogens is 2. The molecule has 4 nitrogen and oxygen atoms in total. The van der Waals surface area contributed by atoms with Crippen LogP contribution in [-0.4, -0.2) is 53.7 Å². The number of nitrogens with zero attached hydrogens (tertiary/aromatic N) is 4. The minimum absolute atomic E-state index is 0.481. The molecule has 0 radical (unpaired) electrons. The molecule has 2 aliphatic rings. The van der Waals surface area contributed by atoms with Gasteiger partial charge in [-0.15, -0.1) is 0 Å². The fourth-order valence-electron chi connectivity index (χ4n) is 4.46. The average molecular weight is 427 g/mol. The summed E-state index contributed by atoms with van der Waals surface area (Å²) in [6.07, 6.45) is 3.59. The molecule has 150 valence electrons. The van der Waals surface area contributed by atoms with Crippen LogP contribution in [0.5, 0.6) is 0 Å². The average Bonchev–Trinajstić information content (AvgIpc) is 2.70. The summed E-state index contributed by atoms with van der Waals surface area (Å²) in [5.41, 5.74) is 3.56. The van der Waals surface area contributed by atoms with Crippen molar-refractivity contribution in [1.29, 1.82) is 0 Å². The van der Waals surface area contributed by atoms with E-state index in [1.54, 1.807) is 0 Å². The van der Waals surface area contributed by atoms with E-state index >= 15 is 0 Å². The van der Waals surface area contributed by atoms with Gasteiger partial charge >= 0.3 is 0 Å². The van der Waals surface area contributed by atoms with Gasteiger partial charge < -0.3 is 4.90 Å². The second kappa shape index (κ2) is 8.11. The van der Waals surface area contributed by atoms with E-state index in [0.29, 0.717) is 6.17 Å². The number of piperazine rings is 1. The third-order valence-corrected chi connectivity index (χ3v) is 6.61. The molecule has 29 heavy (non-hydrogen) atoms. The lowest BCUT2D eigenvalue weighted by atomic mass is 10.0. The summed E-state index contributed by atoms with van der Waals surface area (Å²) >= 11 is 12.2. The van der Waals surface area contributed by atoms with Crippen molar-refractivity contribution in [3.63, 3.8) is 0 Å². The smallest absolute Gasteiger partial charge is 0.0838 e. The Morgan fingerprint density at radius 3 is 2.34 bits per heavy atom. The van der Waals surface area contributed by atoms with Crippen LogP contribution in [0.15, 0.2) is 54.7 Å². The molecular formula is C23H24Cl2N4. The van der Waals surface area contributed by atoms with Gasteiger partial charge in [-0.05, 0) is 48.4 Å². The molecule has 2 saturated heterocycles. The summed E-state index contributed by atoms with van der Waals surface area (Å²) in [5, 5.41) is 2.72. The molecule has 2 aromatic carbocycles. The molecule has 2 aliphatic heterocycles. The van der Waals surface area contributed by atoms with Gasteiger partial charge in [-0.25, -0.2) is 0 Å². The number of benzene rings is 2. The zero-order chi connectivity index (χ0) is 19.8. The third-order valence-electron chi connectivity index (χ3n) is 6.13. The molecule has 5 rings (SSSR count). The zero-order valence-electron chi connectivity index (χ0n) is 16.3. The number of hydrogen-bond donors (Lipinski definition) is 0. The number of anilines is 1. The first-order valence-electron chi connectivity index (χ1n) is 10.2. The minimum Gasteiger partial charge on any atom is -0.355 e. The molecule has 0 bridgehead atoms. The summed E-state index contributed by atoms with van der Waals surface area (Å²) in [6.45, 7) is 6.49. The quantitative estimate of drug-likeness (QED) is 0.591. The van der Waals surface area contributed by atoms with Gasteiger partial charge in [-0.1, -0.05) is 35.3 Å². The lowest BCUT2D eigenvalue weighted by Crippen LogP contribution is -2.62. The molecule has 1 atom stereocenters. The Balaban J connectivity index is 1.24. The van der Waals surface area contributed by atoms with Crippen LogP contribution >= 0.6 is 23.2 Å². The normalized spacial score (nSPS) is 20.8. The predicted molar refractivity (Wildman–Crippen MR) is 121 cm³/mol. The van der Waals surface area contributed by atoms with Crippen LogP contribution < -0.4 is 4.90 Å². The Bertz CT molecular complexity index is 999. The van der Waals surface area contributed by atoms with Gasteiger partial charge in [-0.3, -0.25) is 14.8 Å². The highest BCUT2D eigenvalue weighted by Gasteiger charge is 2.35. The van der Waals surface area contributed by atoms with Crippen molar-refractivity contribution in [3.8, 4) is 0 Å². The molecule has 1 unspecified atom stereocenters. The molecule has 1 aromatic heterocycles. The molecule has 0 spiro atoms. The summed E-state index contributed by atoms with van der Waals surface area (Å²) in [5.74, 6) is 0. The highest BCUT2D eigenvalue weighted by atomic mass is 35.5. The fourth-order valence-corrected chi connectivity index (χ4v) is 4.75. The van der Waals surface area contributed by atoms with Crippen LogP contribution in [0, 0.1) is 0 Å². The van der Waals surface area contributed by atoms with Crippen LogP contribution in [0.25, 0.3) is 10.9 Å². The van der Waals surface area contributed by atoms with Crippen LogP contribution in [0.2, 0.25) is 10.0 Å². The molecular weight excluding hydrogens is 403 g/mol. The van der Waals surface area contributed by atoms with Gasteiger partial charge in [0.2, 0.25) is 0 Å². The second-order valence-corrected chi connectivity index (χ2v) is 8.77. The van der Waals surface area contributed by atoms with Crippen molar-refractivity contribution in [2.24, 2.45) is 0 Å². The molecule has 0 aliphatic carbocycles. The van der Waals surface area contributed by atoms with Gasteiger partial charge in [0.15, 0.2) is 0 Å². The van der Waals surface area contributed by atoms with Crippen LogP contribution in [0.4, 0.5) is 5.69 Å². The summed E-state index contributed by atoms with van der Waals surface area (Å²) in [4.78, 5) is 12.2. The Hall–Kier alpha value is -1.85. The third kappa shape index (κ3) is 3.95. The molecule has 0 saturated carbocycles. The number of pyridine rings is 1. The van der Waals surface area contributed by atoms with Crippen molar-refractivity contribution in [2.45, 2.75) is 19.1 Å². The molecule has 2 fully saturated rings. The van der Waals surface area contributed by atoms with E-state index in [4.69, 9.17) is 23.2 Å². The van der Waals surface area contributed by atoms with Crippen molar-refractivity contribution in [2.75, 3.05) is 37.6 Å². The Labute approximate surface area is 181 Å². The standard InChI is InChI=1S/C23H24Cl2N4/c24-18-3-1-17(2-4-18)16-27-11-13-28(14-12-27)23-8-10-29(23)22-7-9-26-21-15-19(25)5-6-20(21)22/h1-7,9,15,23H,8,10-14,16H2.